The summed E-state index contributed by atoms with van der Waals surface area (Å²) in [4.78, 5) is 45.9. The number of ketones is 1. The minimum absolute atomic E-state index is 0.0183. The van der Waals surface area contributed by atoms with Gasteiger partial charge in [-0.05, 0) is 32.1 Å². The van der Waals surface area contributed by atoms with Gasteiger partial charge in [0.2, 0.25) is 0 Å². The topological polar surface area (TPSA) is 232 Å². The molecule has 0 fully saturated rings. The fraction of sp³-hybridized carbons (Fsp3) is 0.435. The first-order valence-corrected chi connectivity index (χ1v) is 20.3. The quantitative estimate of drug-likeness (QED) is 0.0371. The molecule has 0 radical (unpaired) electrons. The Morgan fingerprint density at radius 2 is 1.61 bits per heavy atom. The number of para-hydroxylation sites is 1. The number of fused-ring (bicyclic) bond motifs is 14. The van der Waals surface area contributed by atoms with Gasteiger partial charge in [0.15, 0.2) is 12.4 Å². The Morgan fingerprint density at radius 3 is 2.27 bits per heavy atom. The van der Waals surface area contributed by atoms with Crippen LogP contribution in [0.3, 0.4) is 0 Å². The zero-order valence-corrected chi connectivity index (χ0v) is 36.2. The fourth-order valence-electron chi connectivity index (χ4n) is 7.73. The molecule has 1 amide bonds. The van der Waals surface area contributed by atoms with Gasteiger partial charge >= 0.3 is 11.8 Å². The second kappa shape index (κ2) is 19.7. The average molecular weight is 861 g/mol. The molecule has 0 spiro atoms. The van der Waals surface area contributed by atoms with Gasteiger partial charge in [-0.25, -0.2) is 0 Å². The second-order valence-electron chi connectivity index (χ2n) is 15.8. The first-order valence-electron chi connectivity index (χ1n) is 20.3. The number of hydrogen-bond acceptors (Lipinski definition) is 15. The molecule has 0 saturated heterocycles. The van der Waals surface area contributed by atoms with Gasteiger partial charge in [0.05, 0.1) is 53.0 Å². The van der Waals surface area contributed by atoms with E-state index in [-0.39, 0.29) is 57.7 Å². The van der Waals surface area contributed by atoms with Crippen LogP contribution in [0.15, 0.2) is 71.6 Å². The van der Waals surface area contributed by atoms with E-state index in [1.54, 1.807) is 52.0 Å². The third-order valence-electron chi connectivity index (χ3n) is 11.5. The van der Waals surface area contributed by atoms with Crippen molar-refractivity contribution in [3.63, 3.8) is 0 Å². The van der Waals surface area contributed by atoms with Gasteiger partial charge < -0.3 is 59.4 Å². The number of aromatic hydroxyl groups is 3. The fourth-order valence-corrected chi connectivity index (χ4v) is 7.73. The highest BCUT2D eigenvalue weighted by atomic mass is 16.7. The van der Waals surface area contributed by atoms with Crippen LogP contribution < -0.4 is 14.8 Å². The van der Waals surface area contributed by atoms with E-state index in [9.17, 15) is 39.9 Å². The largest absolute Gasteiger partial charge is 0.507 e. The summed E-state index contributed by atoms with van der Waals surface area (Å²) in [7, 11) is 1.42. The molecule has 334 valence electrons. The van der Waals surface area contributed by atoms with E-state index in [1.165, 1.54) is 53.2 Å². The average Bonchev–Trinajstić information content (AvgIpc) is 3.51. The summed E-state index contributed by atoms with van der Waals surface area (Å²) in [5.74, 6) is -8.24. The number of anilines is 1. The molecule has 3 aliphatic heterocycles. The maximum absolute atomic E-state index is 14.4. The number of methoxy groups -OCH3 is 1. The number of nitrogens with zero attached hydrogens (tertiary/aromatic N) is 1. The number of rotatable bonds is 8. The lowest BCUT2D eigenvalue weighted by atomic mass is 9.78. The highest BCUT2D eigenvalue weighted by Crippen LogP contribution is 2.55. The van der Waals surface area contributed by atoms with Crippen molar-refractivity contribution in [3.8, 4) is 28.7 Å². The van der Waals surface area contributed by atoms with Crippen LogP contribution in [-0.4, -0.2) is 99.9 Å². The zero-order chi connectivity index (χ0) is 45.6. The molecule has 9 atom stereocenters. The van der Waals surface area contributed by atoms with E-state index in [1.807, 2.05) is 18.2 Å². The summed E-state index contributed by atoms with van der Waals surface area (Å²) >= 11 is 0. The van der Waals surface area contributed by atoms with Gasteiger partial charge in [-0.3, -0.25) is 14.4 Å². The summed E-state index contributed by atoms with van der Waals surface area (Å²) in [6.45, 7) is 12.4. The molecular formula is C46H56N2O14. The van der Waals surface area contributed by atoms with Crippen molar-refractivity contribution in [1.82, 2.24) is 0 Å². The van der Waals surface area contributed by atoms with Crippen LogP contribution >= 0.6 is 0 Å². The Hall–Kier alpha value is -6.10. The molecule has 0 aliphatic carbocycles. The molecule has 16 nitrogen and oxygen atoms in total. The van der Waals surface area contributed by atoms with E-state index >= 15 is 0 Å². The molecule has 3 aliphatic rings. The minimum Gasteiger partial charge on any atom is -0.507 e. The minimum atomic E-state index is -2.08. The van der Waals surface area contributed by atoms with Crippen molar-refractivity contribution in [2.45, 2.75) is 85.6 Å². The van der Waals surface area contributed by atoms with E-state index in [0.29, 0.717) is 5.75 Å². The summed E-state index contributed by atoms with van der Waals surface area (Å²) in [5.41, 5.74) is -0.742. The van der Waals surface area contributed by atoms with Crippen LogP contribution in [0.4, 0.5) is 5.69 Å². The van der Waals surface area contributed by atoms with Gasteiger partial charge in [-0.1, -0.05) is 69.3 Å². The Kier molecular flexibility index (Phi) is 14.9. The number of carbonyl (C=O) groups is 3. The first-order chi connectivity index (χ1) is 29.3. The highest BCUT2D eigenvalue weighted by molar-refractivity contribution is 6.23. The molecule has 16 heteroatoms. The lowest BCUT2D eigenvalue weighted by Gasteiger charge is -2.38. The molecule has 6 N–H and O–H groups in total. The third kappa shape index (κ3) is 9.67. The number of aliphatic hydroxyl groups excluding tert-OH is 2. The number of ether oxygens (including phenoxy) is 5. The van der Waals surface area contributed by atoms with E-state index in [4.69, 9.17) is 28.5 Å². The van der Waals surface area contributed by atoms with Gasteiger partial charge in [0.1, 0.15) is 35.7 Å². The van der Waals surface area contributed by atoms with E-state index in [2.05, 4.69) is 10.5 Å². The summed E-state index contributed by atoms with van der Waals surface area (Å²) in [6.07, 6.45) is 4.39. The molecule has 5 bridgehead atoms. The molecular weight excluding hydrogens is 805 g/mol. The summed E-state index contributed by atoms with van der Waals surface area (Å²) in [5, 5.41) is 64.1. The number of nitrogens with one attached hydrogen (secondary N) is 1. The van der Waals surface area contributed by atoms with E-state index < -0.39 is 88.8 Å². The highest BCUT2D eigenvalue weighted by Gasteiger charge is 2.50. The maximum atomic E-state index is 14.4. The molecule has 3 aromatic carbocycles. The molecule has 6 rings (SSSR count). The monoisotopic (exact) mass is 860 g/mol. The Morgan fingerprint density at radius 1 is 0.919 bits per heavy atom. The van der Waals surface area contributed by atoms with Crippen LogP contribution in [0, 0.1) is 30.6 Å². The van der Waals surface area contributed by atoms with Crippen molar-refractivity contribution in [3.05, 3.63) is 83.2 Å². The number of allylic oxidation sites excluding steroid dienone is 2. The predicted molar refractivity (Wildman–Crippen MR) is 229 cm³/mol. The zero-order valence-electron chi connectivity index (χ0n) is 36.2. The Labute approximate surface area is 360 Å². The molecule has 62 heavy (non-hydrogen) atoms. The van der Waals surface area contributed by atoms with Crippen molar-refractivity contribution in [1.29, 1.82) is 0 Å². The van der Waals surface area contributed by atoms with Crippen LogP contribution in [0.5, 0.6) is 28.7 Å². The standard InChI is InChI=1S/C46H56N2O14/c1-23-14-13-15-24(2)45(56)48-36-31(22-47-60-21-20-58-30-16-11-10-12-17-30)40(53)33-34(41(36)54)39(52)28(6)43-35(33)44(55)46(8,62-43)59-19-18-32(57-9)25(3)42(61-29(7)49)27(5)38(51)26(4)37(23)50/h10-19,22-23,25-27,32,37-38,42,50-54H,20-21H2,1-9H3,(H,48,56). The first kappa shape index (κ1) is 47.0. The molecule has 0 saturated carbocycles. The molecule has 9 unspecified atom stereocenters. The summed E-state index contributed by atoms with van der Waals surface area (Å²) < 4.78 is 29.2. The van der Waals surface area contributed by atoms with Crippen LogP contribution in [0.25, 0.3) is 10.8 Å². The van der Waals surface area contributed by atoms with Crippen molar-refractivity contribution in [2.75, 3.05) is 25.6 Å². The number of benzene rings is 3. The van der Waals surface area contributed by atoms with E-state index in [0.717, 1.165) is 6.21 Å². The molecule has 3 heterocycles. The SMILES string of the molecule is COC1C=COC2(C)Oc3c(C)c(O)c4c(O)c(c(C=NOCCOc5ccccc5)c(O)c4c3C2=O)NC(=O)C(C)=CC=CC(C)C(O)C(C)C(O)C(C)C(OC(C)=O)C1C. The number of amides is 1. The Bertz CT molecular complexity index is 2270. The number of esters is 1. The van der Waals surface area contributed by atoms with Gasteiger partial charge in [-0.15, -0.1) is 0 Å². The number of Topliss-reactive ketones (excluding diaryl/α,β-unsaturated/α-hetero) is 1. The van der Waals surface area contributed by atoms with Gasteiger partial charge in [-0.2, -0.15) is 0 Å². The number of phenolic OH excluding ortho intramolecular Hbond substituents is 3. The number of aliphatic hydroxyl groups is 2. The normalized spacial score (nSPS) is 27.2. The number of carbonyl (C=O) groups excluding carboxylic acids is 3. The molecule has 0 aromatic heterocycles. The smallest absolute Gasteiger partial charge is 0.312 e. The lowest BCUT2D eigenvalue weighted by Crippen LogP contribution is -2.46. The predicted octanol–water partition coefficient (Wildman–Crippen LogP) is 6.18. The number of phenols is 3. The van der Waals surface area contributed by atoms with Gasteiger partial charge in [0, 0.05) is 61.2 Å². The van der Waals surface area contributed by atoms with Crippen molar-refractivity contribution in [2.24, 2.45) is 28.8 Å². The third-order valence-corrected chi connectivity index (χ3v) is 11.5. The number of oxime groups is 1. The van der Waals surface area contributed by atoms with Crippen LogP contribution in [0.1, 0.15) is 70.0 Å². The van der Waals surface area contributed by atoms with Gasteiger partial charge in [0.25, 0.3) is 11.7 Å². The second-order valence-corrected chi connectivity index (χ2v) is 15.8. The summed E-state index contributed by atoms with van der Waals surface area (Å²) in [6, 6.07) is 8.99. The molecule has 3 aromatic rings. The maximum Gasteiger partial charge on any atom is 0.312 e. The van der Waals surface area contributed by atoms with Crippen LogP contribution in [0.2, 0.25) is 0 Å². The van der Waals surface area contributed by atoms with Crippen molar-refractivity contribution < 1.29 is 68.4 Å². The van der Waals surface area contributed by atoms with Crippen molar-refractivity contribution >= 4 is 40.3 Å². The lowest BCUT2D eigenvalue weighted by molar-refractivity contribution is -0.160. The Balaban J connectivity index is 1.64. The van der Waals surface area contributed by atoms with Crippen LogP contribution in [-0.2, 0) is 28.6 Å². The number of hydrogen-bond donors (Lipinski definition) is 6.